The van der Waals surface area contributed by atoms with Crippen LogP contribution in [0.15, 0.2) is 83.7 Å². The number of nitrogens with zero attached hydrogens (tertiary/aromatic N) is 5. The Kier molecular flexibility index (Phi) is 5.79. The molecule has 3 heterocycles. The largest absolute Gasteiger partial charge is 0.497 e. The van der Waals surface area contributed by atoms with Crippen LogP contribution < -0.4 is 10.3 Å². The lowest BCUT2D eigenvalue weighted by atomic mass is 9.96. The molecule has 1 atom stereocenters. The monoisotopic (exact) mass is 478 g/mol. The number of benzene rings is 3. The van der Waals surface area contributed by atoms with Crippen molar-refractivity contribution in [1.29, 1.82) is 0 Å². The average molecular weight is 479 g/mol. The molecule has 0 amide bonds. The summed E-state index contributed by atoms with van der Waals surface area (Å²) in [5, 5.41) is 13.7. The van der Waals surface area contributed by atoms with Gasteiger partial charge in [-0.25, -0.2) is 4.68 Å². The lowest BCUT2D eigenvalue weighted by Crippen LogP contribution is -2.38. The zero-order valence-electron chi connectivity index (χ0n) is 20.0. The van der Waals surface area contributed by atoms with Gasteiger partial charge in [0.25, 0.3) is 5.56 Å². The molecule has 0 unspecified atom stereocenters. The molecule has 3 aromatic carbocycles. The zero-order valence-corrected chi connectivity index (χ0v) is 20.0. The van der Waals surface area contributed by atoms with Crippen LogP contribution in [-0.4, -0.2) is 43.7 Å². The molecule has 0 spiro atoms. The maximum atomic E-state index is 13.5. The number of tetrazole rings is 1. The van der Waals surface area contributed by atoms with E-state index in [9.17, 15) is 4.79 Å². The average Bonchev–Trinajstić information content (AvgIpc) is 3.37. The van der Waals surface area contributed by atoms with Gasteiger partial charge >= 0.3 is 0 Å². The number of hydrogen-bond donors (Lipinski definition) is 1. The normalized spacial score (nSPS) is 14.5. The molecule has 5 aromatic rings. The van der Waals surface area contributed by atoms with Crippen LogP contribution in [0.2, 0.25) is 0 Å². The lowest BCUT2D eigenvalue weighted by Gasteiger charge is -2.34. The van der Waals surface area contributed by atoms with E-state index in [1.807, 2.05) is 54.6 Å². The van der Waals surface area contributed by atoms with E-state index in [2.05, 4.69) is 49.7 Å². The van der Waals surface area contributed by atoms with E-state index in [0.29, 0.717) is 24.5 Å². The molecule has 8 nitrogen and oxygen atoms in total. The molecule has 0 bridgehead atoms. The van der Waals surface area contributed by atoms with Crippen LogP contribution in [0.3, 0.4) is 0 Å². The number of ether oxygens (including phenoxy) is 1. The summed E-state index contributed by atoms with van der Waals surface area (Å²) in [6, 6.07) is 25.7. The molecule has 2 aromatic heterocycles. The summed E-state index contributed by atoms with van der Waals surface area (Å²) >= 11 is 0. The molecule has 6 rings (SSSR count). The molecular weight excluding hydrogens is 452 g/mol. The third kappa shape index (κ3) is 4.16. The second kappa shape index (κ2) is 9.39. The van der Waals surface area contributed by atoms with Crippen LogP contribution in [0, 0.1) is 0 Å². The van der Waals surface area contributed by atoms with Gasteiger partial charge in [-0.15, -0.1) is 5.10 Å². The van der Waals surface area contributed by atoms with E-state index in [1.165, 1.54) is 11.1 Å². The van der Waals surface area contributed by atoms with Crippen molar-refractivity contribution in [2.24, 2.45) is 0 Å². The molecule has 1 aliphatic heterocycles. The summed E-state index contributed by atoms with van der Waals surface area (Å²) in [6.45, 7) is 2.01. The second-order valence-corrected chi connectivity index (χ2v) is 9.08. The van der Waals surface area contributed by atoms with Crippen molar-refractivity contribution in [2.75, 3.05) is 13.7 Å². The van der Waals surface area contributed by atoms with Crippen LogP contribution in [0.5, 0.6) is 5.75 Å². The summed E-state index contributed by atoms with van der Waals surface area (Å²) in [6.07, 6.45) is 0.895. The van der Waals surface area contributed by atoms with E-state index >= 15 is 0 Å². The third-order valence-corrected chi connectivity index (χ3v) is 6.88. The third-order valence-electron chi connectivity index (χ3n) is 6.88. The molecule has 8 heteroatoms. The Morgan fingerprint density at radius 3 is 2.64 bits per heavy atom. The first-order valence-corrected chi connectivity index (χ1v) is 12.0. The topological polar surface area (TPSA) is 88.9 Å². The van der Waals surface area contributed by atoms with Crippen LogP contribution in [0.25, 0.3) is 10.9 Å². The predicted molar refractivity (Wildman–Crippen MR) is 137 cm³/mol. The fraction of sp³-hybridized carbons (Fsp3) is 0.214. The van der Waals surface area contributed by atoms with E-state index in [-0.39, 0.29) is 5.56 Å². The van der Waals surface area contributed by atoms with Gasteiger partial charge in [-0.2, -0.15) is 0 Å². The van der Waals surface area contributed by atoms with Crippen LogP contribution >= 0.6 is 0 Å². The van der Waals surface area contributed by atoms with E-state index in [1.54, 1.807) is 11.8 Å². The summed E-state index contributed by atoms with van der Waals surface area (Å²) in [5.74, 6) is 1.38. The number of methoxy groups -OCH3 is 1. The fourth-order valence-electron chi connectivity index (χ4n) is 5.05. The van der Waals surface area contributed by atoms with Crippen LogP contribution in [0.4, 0.5) is 0 Å². The molecule has 180 valence electrons. The lowest BCUT2D eigenvalue weighted by molar-refractivity contribution is 0.194. The number of nitrogens with one attached hydrogen (secondary N) is 1. The van der Waals surface area contributed by atoms with Crippen molar-refractivity contribution in [2.45, 2.75) is 25.6 Å². The Morgan fingerprint density at radius 1 is 1.00 bits per heavy atom. The molecule has 1 N–H and O–H groups in total. The number of hydrogen-bond acceptors (Lipinski definition) is 6. The highest BCUT2D eigenvalue weighted by Crippen LogP contribution is 2.32. The Morgan fingerprint density at radius 2 is 1.81 bits per heavy atom. The van der Waals surface area contributed by atoms with E-state index < -0.39 is 6.04 Å². The second-order valence-electron chi connectivity index (χ2n) is 9.08. The van der Waals surface area contributed by atoms with Gasteiger partial charge in [-0.1, -0.05) is 54.6 Å². The van der Waals surface area contributed by atoms with Gasteiger partial charge in [0.1, 0.15) is 11.8 Å². The molecule has 0 aliphatic carbocycles. The minimum atomic E-state index is -0.420. The predicted octanol–water partition coefficient (Wildman–Crippen LogP) is 3.72. The Bertz CT molecular complexity index is 1580. The van der Waals surface area contributed by atoms with Crippen LogP contribution in [0.1, 0.15) is 34.1 Å². The molecule has 0 saturated carbocycles. The first-order chi connectivity index (χ1) is 17.7. The van der Waals surface area contributed by atoms with Crippen molar-refractivity contribution in [3.8, 4) is 5.75 Å². The Hall–Kier alpha value is -4.30. The van der Waals surface area contributed by atoms with Crippen molar-refractivity contribution in [1.82, 2.24) is 30.1 Å². The number of aromatic amines is 1. The number of rotatable bonds is 6. The fourth-order valence-corrected chi connectivity index (χ4v) is 5.05. The Balaban J connectivity index is 1.49. The highest BCUT2D eigenvalue weighted by atomic mass is 16.5. The van der Waals surface area contributed by atoms with Crippen LogP contribution in [-0.2, 0) is 19.5 Å². The van der Waals surface area contributed by atoms with Crippen molar-refractivity contribution in [3.05, 3.63) is 117 Å². The minimum Gasteiger partial charge on any atom is -0.497 e. The molecule has 0 saturated heterocycles. The number of H-pyrrole nitrogens is 1. The van der Waals surface area contributed by atoms with Gasteiger partial charge in [0.15, 0.2) is 5.82 Å². The van der Waals surface area contributed by atoms with Gasteiger partial charge in [0.2, 0.25) is 0 Å². The van der Waals surface area contributed by atoms with Gasteiger partial charge in [0.05, 0.1) is 13.7 Å². The van der Waals surface area contributed by atoms with Crippen molar-refractivity contribution >= 4 is 10.9 Å². The zero-order chi connectivity index (χ0) is 24.5. The highest BCUT2D eigenvalue weighted by Gasteiger charge is 2.32. The summed E-state index contributed by atoms with van der Waals surface area (Å²) in [5.41, 5.74) is 4.91. The molecule has 0 fully saturated rings. The summed E-state index contributed by atoms with van der Waals surface area (Å²) < 4.78 is 7.23. The smallest absolute Gasteiger partial charge is 0.253 e. The number of pyridine rings is 1. The molecular formula is C28H26N6O2. The van der Waals surface area contributed by atoms with Gasteiger partial charge < -0.3 is 9.72 Å². The summed E-state index contributed by atoms with van der Waals surface area (Å²) in [7, 11) is 1.64. The SMILES string of the molecule is COc1ccc2[nH]c(=O)c([C@@H](c3nnnn3Cc3ccccc3)N3CCc4ccccc4C3)cc2c1. The van der Waals surface area contributed by atoms with E-state index in [0.717, 1.165) is 35.2 Å². The Labute approximate surface area is 208 Å². The van der Waals surface area contributed by atoms with Gasteiger partial charge in [-0.3, -0.25) is 9.69 Å². The highest BCUT2D eigenvalue weighted by molar-refractivity contribution is 5.80. The summed E-state index contributed by atoms with van der Waals surface area (Å²) in [4.78, 5) is 18.9. The standard InChI is InChI=1S/C28H26N6O2/c1-36-23-11-12-25-22(15-23)16-24(28(35)29-25)26(33-14-13-20-9-5-6-10-21(20)18-33)27-30-31-32-34(27)17-19-7-3-2-4-8-19/h2-12,15-16,26H,13-14,17-18H2,1H3,(H,29,35)/t26-/m0/s1. The van der Waals surface area contributed by atoms with Crippen molar-refractivity contribution in [3.63, 3.8) is 0 Å². The maximum absolute atomic E-state index is 13.5. The van der Waals surface area contributed by atoms with Crippen molar-refractivity contribution < 1.29 is 4.74 Å². The molecule has 1 aliphatic rings. The van der Waals surface area contributed by atoms with Gasteiger partial charge in [0, 0.05) is 29.6 Å². The van der Waals surface area contributed by atoms with E-state index in [4.69, 9.17) is 4.74 Å². The first-order valence-electron chi connectivity index (χ1n) is 12.0. The molecule has 0 radical (unpaired) electrons. The quantitative estimate of drug-likeness (QED) is 0.400. The number of fused-ring (bicyclic) bond motifs is 2. The first kappa shape index (κ1) is 22.2. The van der Waals surface area contributed by atoms with Gasteiger partial charge in [-0.05, 0) is 57.8 Å². The molecule has 36 heavy (non-hydrogen) atoms. The maximum Gasteiger partial charge on any atom is 0.253 e. The number of aromatic nitrogens is 5. The minimum absolute atomic E-state index is 0.147.